The topological polar surface area (TPSA) is 247 Å². The normalized spacial score (nSPS) is 16.3. The van der Waals surface area contributed by atoms with Crippen LogP contribution >= 0.6 is 22.9 Å². The van der Waals surface area contributed by atoms with Crippen LogP contribution in [0.15, 0.2) is 59.6 Å². The standard InChI is InChI=1S/C47H46ClN9O11S/c1-24-25(2)69-47-40(24)42(27-11-13-29(48)14-12-27)51-31(43-53-52-26(3)55(43)47)20-37(58)49-17-6-7-18-50-38(59)23-68-34-10-8-9-30-41(34)46(63)56(44(30)61)32-15-16-39(60)54(45(32)62)22-28-19-35(66-4)36(67-5)21-33(28)57(64)65/h8-14,19,21,31-32H,6-7,15-18,20,22-23H2,1-5H3,(H,49,58)(H,50,59)/t31-,32?/m0/s1. The van der Waals surface area contributed by atoms with Crippen molar-refractivity contribution in [3.63, 3.8) is 0 Å². The molecule has 0 aliphatic carbocycles. The van der Waals surface area contributed by atoms with Gasteiger partial charge in [-0.25, -0.2) is 0 Å². The summed E-state index contributed by atoms with van der Waals surface area (Å²) in [7, 11) is 2.63. The molecule has 20 nitrogen and oxygen atoms in total. The Kier molecular flexibility index (Phi) is 13.9. The van der Waals surface area contributed by atoms with Crippen LogP contribution in [0.3, 0.4) is 0 Å². The number of nitro groups is 1. The highest BCUT2D eigenvalue weighted by Gasteiger charge is 2.48. The first-order valence-corrected chi connectivity index (χ1v) is 23.1. The summed E-state index contributed by atoms with van der Waals surface area (Å²) in [5.41, 5.74) is 2.98. The van der Waals surface area contributed by atoms with Gasteiger partial charge in [0.15, 0.2) is 23.9 Å². The number of likely N-dealkylation sites (tertiary alicyclic amines) is 1. The number of fused-ring (bicyclic) bond motifs is 4. The minimum absolute atomic E-state index is 0.0216. The number of aromatic nitrogens is 3. The Morgan fingerprint density at radius 3 is 2.29 bits per heavy atom. The molecule has 5 aromatic rings. The number of hydrogen-bond acceptors (Lipinski definition) is 15. The van der Waals surface area contributed by atoms with E-state index in [1.54, 1.807) is 11.3 Å². The minimum Gasteiger partial charge on any atom is -0.493 e. The number of imide groups is 2. The van der Waals surface area contributed by atoms with Crippen molar-refractivity contribution in [2.45, 2.75) is 71.5 Å². The first-order chi connectivity index (χ1) is 33.1. The molecule has 6 amide bonds. The fourth-order valence-corrected chi connectivity index (χ4v) is 9.90. The lowest BCUT2D eigenvalue weighted by atomic mass is 9.99. The van der Waals surface area contributed by atoms with Gasteiger partial charge in [-0.1, -0.05) is 29.8 Å². The van der Waals surface area contributed by atoms with Crippen LogP contribution in [0.2, 0.25) is 5.02 Å². The van der Waals surface area contributed by atoms with E-state index in [1.165, 1.54) is 38.5 Å². The summed E-state index contributed by atoms with van der Waals surface area (Å²) >= 11 is 7.85. The molecule has 2 N–H and O–H groups in total. The Hall–Kier alpha value is -7.52. The van der Waals surface area contributed by atoms with Crippen molar-refractivity contribution in [2.75, 3.05) is 33.9 Å². The molecule has 69 heavy (non-hydrogen) atoms. The van der Waals surface area contributed by atoms with Crippen molar-refractivity contribution in [3.8, 4) is 22.2 Å². The quantitative estimate of drug-likeness (QED) is 0.0505. The molecule has 1 unspecified atom stereocenters. The van der Waals surface area contributed by atoms with Crippen molar-refractivity contribution in [2.24, 2.45) is 4.99 Å². The van der Waals surface area contributed by atoms with E-state index in [9.17, 15) is 38.9 Å². The Morgan fingerprint density at radius 2 is 1.59 bits per heavy atom. The summed E-state index contributed by atoms with van der Waals surface area (Å²) < 4.78 is 18.2. The van der Waals surface area contributed by atoms with E-state index in [0.29, 0.717) is 36.1 Å². The van der Waals surface area contributed by atoms with Crippen LogP contribution in [0.5, 0.6) is 17.2 Å². The zero-order valence-corrected chi connectivity index (χ0v) is 39.7. The largest absolute Gasteiger partial charge is 0.493 e. The highest BCUT2D eigenvalue weighted by Crippen LogP contribution is 2.41. The van der Waals surface area contributed by atoms with Gasteiger partial charge < -0.3 is 24.8 Å². The summed E-state index contributed by atoms with van der Waals surface area (Å²) in [6, 6.07) is 12.1. The van der Waals surface area contributed by atoms with Gasteiger partial charge in [0, 0.05) is 40.5 Å². The van der Waals surface area contributed by atoms with Gasteiger partial charge in [-0.2, -0.15) is 0 Å². The number of ether oxygens (including phenoxy) is 3. The fourth-order valence-electron chi connectivity index (χ4n) is 8.56. The first kappa shape index (κ1) is 48.0. The smallest absolute Gasteiger partial charge is 0.278 e. The van der Waals surface area contributed by atoms with Gasteiger partial charge in [-0.05, 0) is 75.9 Å². The molecular formula is C47H46ClN9O11S. The molecule has 5 heterocycles. The second kappa shape index (κ2) is 20.0. The average molecular weight is 980 g/mol. The van der Waals surface area contributed by atoms with E-state index in [4.69, 9.17) is 30.8 Å². The third-order valence-electron chi connectivity index (χ3n) is 12.2. The molecule has 358 valence electrons. The molecule has 0 saturated carbocycles. The Morgan fingerprint density at radius 1 is 0.899 bits per heavy atom. The van der Waals surface area contributed by atoms with E-state index in [0.717, 1.165) is 48.1 Å². The van der Waals surface area contributed by atoms with Gasteiger partial charge in [0.1, 0.15) is 28.7 Å². The molecular weight excluding hydrogens is 934 g/mol. The summed E-state index contributed by atoms with van der Waals surface area (Å²) in [6.45, 7) is 5.54. The number of aryl methyl sites for hydroxylation is 2. The summed E-state index contributed by atoms with van der Waals surface area (Å²) in [5, 5.41) is 28.0. The lowest BCUT2D eigenvalue weighted by Crippen LogP contribution is -2.55. The number of nitro benzene ring substituents is 1. The number of nitrogens with zero attached hydrogens (tertiary/aromatic N) is 7. The molecule has 3 aliphatic heterocycles. The van der Waals surface area contributed by atoms with Crippen molar-refractivity contribution in [1.82, 2.24) is 35.2 Å². The molecule has 3 aromatic carbocycles. The maximum absolute atomic E-state index is 13.9. The number of halogens is 1. The summed E-state index contributed by atoms with van der Waals surface area (Å²) in [4.78, 5) is 99.9. The monoisotopic (exact) mass is 979 g/mol. The average Bonchev–Trinajstić information content (AvgIpc) is 3.91. The lowest BCUT2D eigenvalue weighted by molar-refractivity contribution is -0.385. The lowest BCUT2D eigenvalue weighted by Gasteiger charge is -2.34. The van der Waals surface area contributed by atoms with Crippen LogP contribution in [0.1, 0.15) is 97.6 Å². The number of amides is 6. The molecule has 3 aliphatic rings. The summed E-state index contributed by atoms with van der Waals surface area (Å²) in [6.07, 6.45) is 0.667. The Bertz CT molecular complexity index is 2970. The van der Waals surface area contributed by atoms with Crippen LogP contribution in [0.25, 0.3) is 5.00 Å². The molecule has 1 fully saturated rings. The zero-order valence-electron chi connectivity index (χ0n) is 38.1. The van der Waals surface area contributed by atoms with Crippen LogP contribution in [-0.2, 0) is 25.7 Å². The van der Waals surface area contributed by atoms with E-state index < -0.39 is 65.4 Å². The van der Waals surface area contributed by atoms with Crippen LogP contribution in [0.4, 0.5) is 5.69 Å². The van der Waals surface area contributed by atoms with Gasteiger partial charge in [0.05, 0.1) is 60.6 Å². The van der Waals surface area contributed by atoms with Crippen LogP contribution in [-0.4, -0.2) is 111 Å². The van der Waals surface area contributed by atoms with Crippen LogP contribution in [0, 0.1) is 30.9 Å². The minimum atomic E-state index is -1.40. The molecule has 2 aromatic heterocycles. The van der Waals surface area contributed by atoms with E-state index >= 15 is 0 Å². The molecule has 1 saturated heterocycles. The number of nitrogens with one attached hydrogen (secondary N) is 2. The van der Waals surface area contributed by atoms with E-state index in [-0.39, 0.29) is 65.7 Å². The molecule has 0 spiro atoms. The highest BCUT2D eigenvalue weighted by atomic mass is 35.5. The third kappa shape index (κ3) is 9.38. The second-order valence-corrected chi connectivity index (χ2v) is 18.1. The third-order valence-corrected chi connectivity index (χ3v) is 13.6. The second-order valence-electron chi connectivity index (χ2n) is 16.4. The van der Waals surface area contributed by atoms with Gasteiger partial charge in [0.2, 0.25) is 11.8 Å². The molecule has 8 rings (SSSR count). The van der Waals surface area contributed by atoms with Crippen molar-refractivity contribution < 1.29 is 47.9 Å². The maximum atomic E-state index is 13.9. The van der Waals surface area contributed by atoms with Gasteiger partial charge in [-0.3, -0.25) is 58.2 Å². The summed E-state index contributed by atoms with van der Waals surface area (Å²) in [5.74, 6) is -2.56. The number of carbonyl (C=O) groups excluding carboxylic acids is 6. The van der Waals surface area contributed by atoms with Gasteiger partial charge in [0.25, 0.3) is 29.3 Å². The highest BCUT2D eigenvalue weighted by molar-refractivity contribution is 7.15. The number of benzene rings is 3. The van der Waals surface area contributed by atoms with Crippen LogP contribution < -0.4 is 24.8 Å². The predicted molar refractivity (Wildman–Crippen MR) is 250 cm³/mol. The number of hydrogen-bond donors (Lipinski definition) is 2. The molecule has 0 bridgehead atoms. The zero-order chi connectivity index (χ0) is 49.3. The number of piperidine rings is 1. The van der Waals surface area contributed by atoms with E-state index in [2.05, 4.69) is 34.7 Å². The number of carbonyl (C=O) groups is 6. The number of aliphatic imine (C=N–C) groups is 1. The van der Waals surface area contributed by atoms with Gasteiger partial charge >= 0.3 is 0 Å². The fraction of sp³-hybridized carbons (Fsp3) is 0.340. The molecule has 0 radical (unpaired) electrons. The Labute approximate surface area is 403 Å². The first-order valence-electron chi connectivity index (χ1n) is 21.9. The SMILES string of the molecule is COc1cc(CN2C(=O)CCC(N3C(=O)c4cccc(OCC(=O)NCCCCNC(=O)C[C@@H]5N=C(c6ccc(Cl)cc6)c6c(sc(C)c6C)-n6c(C)nnc65)c4C3=O)C2=O)c([N+](=O)[O-])cc1OC. The Balaban J connectivity index is 0.839. The molecule has 22 heteroatoms. The van der Waals surface area contributed by atoms with Crippen molar-refractivity contribution in [1.29, 1.82) is 0 Å². The van der Waals surface area contributed by atoms with E-state index in [1.807, 2.05) is 35.8 Å². The number of rotatable bonds is 17. The number of methoxy groups -OCH3 is 2. The van der Waals surface area contributed by atoms with Crippen molar-refractivity contribution >= 4 is 69.8 Å². The van der Waals surface area contributed by atoms with Crippen molar-refractivity contribution in [3.05, 3.63) is 120 Å². The maximum Gasteiger partial charge on any atom is 0.278 e. The number of unbranched alkanes of at least 4 members (excludes halogenated alkanes) is 1. The predicted octanol–water partition coefficient (Wildman–Crippen LogP) is 5.52. The van der Waals surface area contributed by atoms with Gasteiger partial charge in [-0.15, -0.1) is 21.5 Å². The molecule has 2 atom stereocenters. The number of thiophene rings is 1.